The highest BCUT2D eigenvalue weighted by molar-refractivity contribution is 5.80. The number of aliphatic hydroxyl groups excluding tert-OH is 1. The Labute approximate surface area is 146 Å². The molecule has 1 aromatic carbocycles. The van der Waals surface area contributed by atoms with E-state index in [0.717, 1.165) is 0 Å². The average Bonchev–Trinajstić information content (AvgIpc) is 2.56. The molecule has 0 bridgehead atoms. The van der Waals surface area contributed by atoms with Crippen molar-refractivity contribution in [2.45, 2.75) is 38.7 Å². The van der Waals surface area contributed by atoms with Crippen LogP contribution in [0.2, 0.25) is 0 Å². The summed E-state index contributed by atoms with van der Waals surface area (Å²) in [4.78, 5) is 25.5. The van der Waals surface area contributed by atoms with E-state index in [1.165, 1.54) is 24.1 Å². The maximum Gasteiger partial charge on any atom is 0.312 e. The molecule has 1 aliphatic heterocycles. The molecule has 1 amide bonds. The van der Waals surface area contributed by atoms with E-state index < -0.39 is 23.3 Å². The minimum Gasteiger partial charge on any atom is -0.494 e. The summed E-state index contributed by atoms with van der Waals surface area (Å²) in [6.07, 6.45) is 0.0920. The minimum atomic E-state index is -1.20. The van der Waals surface area contributed by atoms with E-state index in [9.17, 15) is 24.2 Å². The smallest absolute Gasteiger partial charge is 0.312 e. The molecule has 0 radical (unpaired) electrons. The van der Waals surface area contributed by atoms with Gasteiger partial charge in [0, 0.05) is 13.1 Å². The number of methoxy groups -OCH3 is 1. The quantitative estimate of drug-likeness (QED) is 0.815. The SMILES string of the molecule is CCC[C@]1(C(=O)O)CCN(C(=O)Cc2ccc(OC)c(F)c2)C[C@H]1O. The van der Waals surface area contributed by atoms with Crippen molar-refractivity contribution in [3.63, 3.8) is 0 Å². The van der Waals surface area contributed by atoms with Gasteiger partial charge in [0.05, 0.1) is 25.0 Å². The number of rotatable bonds is 6. The molecule has 0 spiro atoms. The first-order chi connectivity index (χ1) is 11.8. The van der Waals surface area contributed by atoms with E-state index in [1.54, 1.807) is 6.07 Å². The fourth-order valence-electron chi connectivity index (χ4n) is 3.40. The second kappa shape index (κ2) is 7.82. The largest absolute Gasteiger partial charge is 0.494 e. The van der Waals surface area contributed by atoms with Crippen LogP contribution in [0.25, 0.3) is 0 Å². The predicted molar refractivity (Wildman–Crippen MR) is 88.8 cm³/mol. The van der Waals surface area contributed by atoms with Gasteiger partial charge in [-0.1, -0.05) is 19.4 Å². The number of carboxylic acid groups (broad SMARTS) is 1. The van der Waals surface area contributed by atoms with Crippen molar-refractivity contribution in [2.24, 2.45) is 5.41 Å². The number of amides is 1. The van der Waals surface area contributed by atoms with Gasteiger partial charge in [-0.2, -0.15) is 0 Å². The third-order valence-electron chi connectivity index (χ3n) is 4.91. The highest BCUT2D eigenvalue weighted by Gasteiger charge is 2.48. The van der Waals surface area contributed by atoms with Gasteiger partial charge in [-0.05, 0) is 30.5 Å². The Bertz CT molecular complexity index is 650. The molecule has 1 heterocycles. The third-order valence-corrected chi connectivity index (χ3v) is 4.91. The van der Waals surface area contributed by atoms with Gasteiger partial charge < -0.3 is 19.8 Å². The Morgan fingerprint density at radius 3 is 2.68 bits per heavy atom. The Hall–Kier alpha value is -2.15. The highest BCUT2D eigenvalue weighted by Crippen LogP contribution is 2.37. The number of benzene rings is 1. The Kier molecular flexibility index (Phi) is 6.00. The number of β-amino-alcohol motifs (C(OH)–C–C–N with tert-alkyl or cyclic N) is 1. The van der Waals surface area contributed by atoms with Crippen LogP contribution in [0.3, 0.4) is 0 Å². The summed E-state index contributed by atoms with van der Waals surface area (Å²) < 4.78 is 18.6. The van der Waals surface area contributed by atoms with Crippen LogP contribution in [0.1, 0.15) is 31.7 Å². The number of likely N-dealkylation sites (tertiary alicyclic amines) is 1. The van der Waals surface area contributed by atoms with Crippen molar-refractivity contribution in [2.75, 3.05) is 20.2 Å². The molecule has 0 aliphatic carbocycles. The molecule has 1 aliphatic rings. The Morgan fingerprint density at radius 2 is 2.16 bits per heavy atom. The second-order valence-electron chi connectivity index (χ2n) is 6.46. The number of hydrogen-bond acceptors (Lipinski definition) is 4. The van der Waals surface area contributed by atoms with Gasteiger partial charge in [-0.15, -0.1) is 0 Å². The van der Waals surface area contributed by atoms with E-state index in [-0.39, 0.29) is 37.6 Å². The summed E-state index contributed by atoms with van der Waals surface area (Å²) in [6, 6.07) is 4.31. The van der Waals surface area contributed by atoms with Crippen LogP contribution in [0.4, 0.5) is 4.39 Å². The van der Waals surface area contributed by atoms with Crippen LogP contribution in [0.5, 0.6) is 5.75 Å². The topological polar surface area (TPSA) is 87.1 Å². The summed E-state index contributed by atoms with van der Waals surface area (Å²) in [7, 11) is 1.36. The van der Waals surface area contributed by atoms with Crippen molar-refractivity contribution in [3.05, 3.63) is 29.6 Å². The average molecular weight is 353 g/mol. The van der Waals surface area contributed by atoms with Crippen LogP contribution >= 0.6 is 0 Å². The lowest BCUT2D eigenvalue weighted by Crippen LogP contribution is -2.56. The van der Waals surface area contributed by atoms with Gasteiger partial charge in [0.15, 0.2) is 11.6 Å². The molecule has 0 unspecified atom stereocenters. The van der Waals surface area contributed by atoms with Gasteiger partial charge in [0.2, 0.25) is 5.91 Å². The molecular weight excluding hydrogens is 329 g/mol. The number of halogens is 1. The second-order valence-corrected chi connectivity index (χ2v) is 6.46. The monoisotopic (exact) mass is 353 g/mol. The van der Waals surface area contributed by atoms with Crippen LogP contribution < -0.4 is 4.74 Å². The fraction of sp³-hybridized carbons (Fsp3) is 0.556. The normalized spacial score (nSPS) is 23.4. The lowest BCUT2D eigenvalue weighted by molar-refractivity contribution is -0.167. The zero-order valence-corrected chi connectivity index (χ0v) is 14.5. The number of carbonyl (C=O) groups is 2. The first-order valence-corrected chi connectivity index (χ1v) is 8.35. The maximum absolute atomic E-state index is 13.7. The minimum absolute atomic E-state index is 0.0124. The molecule has 25 heavy (non-hydrogen) atoms. The number of piperidine rings is 1. The summed E-state index contributed by atoms with van der Waals surface area (Å²) in [6.45, 7) is 2.11. The van der Waals surface area contributed by atoms with Crippen molar-refractivity contribution in [1.82, 2.24) is 4.90 Å². The summed E-state index contributed by atoms with van der Waals surface area (Å²) in [5.74, 6) is -1.72. The van der Waals surface area contributed by atoms with Crippen molar-refractivity contribution < 1.29 is 28.9 Å². The van der Waals surface area contributed by atoms with Crippen molar-refractivity contribution in [3.8, 4) is 5.75 Å². The number of carbonyl (C=O) groups excluding carboxylic acids is 1. The van der Waals surface area contributed by atoms with Crippen molar-refractivity contribution in [1.29, 1.82) is 0 Å². The molecule has 138 valence electrons. The molecular formula is C18H24FNO5. The first-order valence-electron chi connectivity index (χ1n) is 8.35. The van der Waals surface area contributed by atoms with E-state index in [4.69, 9.17) is 4.74 Å². The molecule has 0 saturated carbocycles. The number of carboxylic acids is 1. The summed E-state index contributed by atoms with van der Waals surface area (Å²) >= 11 is 0. The van der Waals surface area contributed by atoms with Gasteiger partial charge in [0.25, 0.3) is 0 Å². The highest BCUT2D eigenvalue weighted by atomic mass is 19.1. The summed E-state index contributed by atoms with van der Waals surface area (Å²) in [5, 5.41) is 19.9. The molecule has 1 saturated heterocycles. The molecule has 0 aromatic heterocycles. The van der Waals surface area contributed by atoms with Gasteiger partial charge in [-0.25, -0.2) is 4.39 Å². The Balaban J connectivity index is 2.05. The van der Waals surface area contributed by atoms with Gasteiger partial charge in [0.1, 0.15) is 0 Å². The number of aliphatic carboxylic acids is 1. The molecule has 2 rings (SSSR count). The number of hydrogen-bond donors (Lipinski definition) is 2. The molecule has 1 fully saturated rings. The lowest BCUT2D eigenvalue weighted by Gasteiger charge is -2.42. The molecule has 2 atom stereocenters. The van der Waals surface area contributed by atoms with E-state index in [1.807, 2.05) is 6.92 Å². The van der Waals surface area contributed by atoms with Crippen LogP contribution in [-0.4, -0.2) is 53.3 Å². The zero-order chi connectivity index (χ0) is 18.6. The zero-order valence-electron chi connectivity index (χ0n) is 14.5. The number of ether oxygens (including phenoxy) is 1. The maximum atomic E-state index is 13.7. The molecule has 6 nitrogen and oxygen atoms in total. The van der Waals surface area contributed by atoms with E-state index >= 15 is 0 Å². The number of aliphatic hydroxyl groups is 1. The molecule has 1 aromatic rings. The van der Waals surface area contributed by atoms with Crippen LogP contribution in [0.15, 0.2) is 18.2 Å². The predicted octanol–water partition coefficient (Wildman–Crippen LogP) is 1.84. The van der Waals surface area contributed by atoms with Crippen LogP contribution in [0, 0.1) is 11.2 Å². The number of nitrogens with zero attached hydrogens (tertiary/aromatic N) is 1. The van der Waals surface area contributed by atoms with Gasteiger partial charge in [-0.3, -0.25) is 9.59 Å². The standard InChI is InChI=1S/C18H24FNO5/c1-3-6-18(17(23)24)7-8-20(11-15(18)21)16(22)10-12-4-5-14(25-2)13(19)9-12/h4-5,9,15,21H,3,6-8,10-11H2,1-2H3,(H,23,24)/t15-,18+/m1/s1. The first kappa shape index (κ1) is 19.2. The summed E-state index contributed by atoms with van der Waals surface area (Å²) in [5.41, 5.74) is -0.695. The van der Waals surface area contributed by atoms with Crippen LogP contribution in [-0.2, 0) is 16.0 Å². The molecule has 2 N–H and O–H groups in total. The third kappa shape index (κ3) is 3.92. The Morgan fingerprint density at radius 1 is 1.44 bits per heavy atom. The lowest BCUT2D eigenvalue weighted by atomic mass is 9.72. The fourth-order valence-corrected chi connectivity index (χ4v) is 3.40. The van der Waals surface area contributed by atoms with E-state index in [2.05, 4.69) is 0 Å². The molecule has 7 heteroatoms. The van der Waals surface area contributed by atoms with Crippen molar-refractivity contribution >= 4 is 11.9 Å². The van der Waals surface area contributed by atoms with E-state index in [0.29, 0.717) is 18.4 Å². The van der Waals surface area contributed by atoms with Gasteiger partial charge >= 0.3 is 5.97 Å².